The molecule has 2 nitrogen and oxygen atoms in total. The highest BCUT2D eigenvalue weighted by molar-refractivity contribution is 6.74. The van der Waals surface area contributed by atoms with Crippen LogP contribution in [0.15, 0.2) is 30.3 Å². The van der Waals surface area contributed by atoms with Crippen LogP contribution in [0.25, 0.3) is 5.57 Å². The number of nitrogens with zero attached hydrogens (tertiary/aromatic N) is 1. The minimum absolute atomic E-state index is 0.0812. The molecule has 0 saturated heterocycles. The van der Waals surface area contributed by atoms with Gasteiger partial charge in [-0.1, -0.05) is 45.9 Å². The van der Waals surface area contributed by atoms with Gasteiger partial charge in [0.05, 0.1) is 17.2 Å². The zero-order valence-corrected chi connectivity index (χ0v) is 24.3. The average molecular weight is 490 g/mol. The van der Waals surface area contributed by atoms with E-state index in [4.69, 9.17) is 4.43 Å². The van der Waals surface area contributed by atoms with Crippen molar-refractivity contribution in [2.75, 3.05) is 0 Å². The van der Waals surface area contributed by atoms with Crippen LogP contribution in [0.1, 0.15) is 97.1 Å². The van der Waals surface area contributed by atoms with Crippen molar-refractivity contribution >= 4 is 13.9 Å². The van der Waals surface area contributed by atoms with Crippen molar-refractivity contribution < 1.29 is 4.43 Å². The minimum Gasteiger partial charge on any atom is -0.412 e. The maximum atomic E-state index is 9.21. The van der Waals surface area contributed by atoms with E-state index in [1.165, 1.54) is 56.9 Å². The summed E-state index contributed by atoms with van der Waals surface area (Å²) < 4.78 is 7.09. The highest BCUT2D eigenvalue weighted by Gasteiger charge is 2.56. The molecule has 35 heavy (non-hydrogen) atoms. The molecule has 0 N–H and O–H groups in total. The van der Waals surface area contributed by atoms with Crippen LogP contribution in [-0.4, -0.2) is 13.9 Å². The summed E-state index contributed by atoms with van der Waals surface area (Å²) in [5.74, 6) is 4.36. The highest BCUT2D eigenvalue weighted by Crippen LogP contribution is 2.65. The Kier molecular flexibility index (Phi) is 6.21. The molecule has 3 heteroatoms. The summed E-state index contributed by atoms with van der Waals surface area (Å²) in [6, 6.07) is 10.6. The second kappa shape index (κ2) is 8.59. The van der Waals surface area contributed by atoms with E-state index in [0.29, 0.717) is 5.41 Å². The Balaban J connectivity index is 1.30. The summed E-state index contributed by atoms with van der Waals surface area (Å²) in [6.07, 6.45) is 13.2. The number of fused-ring (bicyclic) bond motifs is 5. The molecule has 7 atom stereocenters. The molecule has 3 saturated carbocycles. The third-order valence-corrected chi connectivity index (χ3v) is 16.0. The van der Waals surface area contributed by atoms with Crippen LogP contribution in [0.2, 0.25) is 18.1 Å². The van der Waals surface area contributed by atoms with E-state index in [9.17, 15) is 5.26 Å². The molecule has 0 radical (unpaired) electrons. The molecule has 0 aromatic heterocycles. The van der Waals surface area contributed by atoms with Crippen LogP contribution in [0.3, 0.4) is 0 Å². The normalized spacial score (nSPS) is 39.1. The first-order valence-electron chi connectivity index (χ1n) is 14.3. The van der Waals surface area contributed by atoms with Gasteiger partial charge in [-0.15, -0.1) is 0 Å². The van der Waals surface area contributed by atoms with E-state index >= 15 is 0 Å². The number of nitriles is 1. The highest BCUT2D eigenvalue weighted by atomic mass is 28.4. The van der Waals surface area contributed by atoms with Gasteiger partial charge in [-0.05, 0) is 135 Å². The zero-order chi connectivity index (χ0) is 25.2. The van der Waals surface area contributed by atoms with Gasteiger partial charge in [0.1, 0.15) is 0 Å². The number of rotatable bonds is 3. The molecule has 0 heterocycles. The predicted molar refractivity (Wildman–Crippen MR) is 148 cm³/mol. The fourth-order valence-corrected chi connectivity index (χ4v) is 10.4. The van der Waals surface area contributed by atoms with E-state index in [0.717, 1.165) is 35.2 Å². The second-order valence-corrected chi connectivity index (χ2v) is 19.2. The quantitative estimate of drug-likeness (QED) is 0.397. The van der Waals surface area contributed by atoms with Gasteiger partial charge in [0.25, 0.3) is 0 Å². The standard InChI is InChI=1S/C32H47NOSi/c1-30(2,3)35(6,7)34-31(4)18-16-25-24(20-31)12-13-27-26(25)17-19-32(5)28(14-15-29(27)32)23-10-8-22(21-33)9-11-23/h8-11,14,24-27,29H,12-13,15-20H2,1-7H3/t24-,25+,26-,27-,29+,31-,32-/m1/s1. The average Bonchev–Trinajstić information content (AvgIpc) is 3.14. The lowest BCUT2D eigenvalue weighted by Crippen LogP contribution is -2.54. The van der Waals surface area contributed by atoms with Crippen molar-refractivity contribution in [1.29, 1.82) is 5.26 Å². The molecule has 1 aromatic rings. The molecular formula is C32H47NOSi. The monoisotopic (exact) mass is 489 g/mol. The summed E-state index contributed by atoms with van der Waals surface area (Å²) in [5.41, 5.74) is 4.05. The molecule has 0 unspecified atom stereocenters. The smallest absolute Gasteiger partial charge is 0.192 e. The van der Waals surface area contributed by atoms with Crippen LogP contribution in [0.5, 0.6) is 0 Å². The third kappa shape index (κ3) is 4.27. The lowest BCUT2D eigenvalue weighted by Gasteiger charge is -2.58. The fraction of sp³-hybridized carbons (Fsp3) is 0.719. The third-order valence-electron chi connectivity index (χ3n) is 11.4. The molecule has 0 aliphatic heterocycles. The van der Waals surface area contributed by atoms with Crippen LogP contribution >= 0.6 is 0 Å². The molecule has 3 fully saturated rings. The maximum absolute atomic E-state index is 9.21. The Morgan fingerprint density at radius 1 is 0.943 bits per heavy atom. The molecule has 4 aliphatic rings. The number of benzene rings is 1. The van der Waals surface area contributed by atoms with Crippen LogP contribution in [0.4, 0.5) is 0 Å². The van der Waals surface area contributed by atoms with Gasteiger partial charge in [-0.3, -0.25) is 0 Å². The van der Waals surface area contributed by atoms with Gasteiger partial charge in [-0.2, -0.15) is 5.26 Å². The Morgan fingerprint density at radius 3 is 2.29 bits per heavy atom. The summed E-state index contributed by atoms with van der Waals surface area (Å²) in [6.45, 7) is 17.0. The van der Waals surface area contributed by atoms with Crippen LogP contribution < -0.4 is 0 Å². The topological polar surface area (TPSA) is 33.0 Å². The van der Waals surface area contributed by atoms with E-state index in [2.05, 4.69) is 72.0 Å². The maximum Gasteiger partial charge on any atom is 0.192 e. The van der Waals surface area contributed by atoms with Crippen molar-refractivity contribution in [3.63, 3.8) is 0 Å². The molecule has 0 amide bonds. The van der Waals surface area contributed by atoms with Crippen molar-refractivity contribution in [3.8, 4) is 6.07 Å². The molecule has 190 valence electrons. The van der Waals surface area contributed by atoms with Gasteiger partial charge >= 0.3 is 0 Å². The summed E-state index contributed by atoms with van der Waals surface area (Å²) >= 11 is 0. The van der Waals surface area contributed by atoms with Gasteiger partial charge in [0.15, 0.2) is 8.32 Å². The van der Waals surface area contributed by atoms with Crippen molar-refractivity contribution in [3.05, 3.63) is 41.5 Å². The predicted octanol–water partition coefficient (Wildman–Crippen LogP) is 8.98. The van der Waals surface area contributed by atoms with Crippen molar-refractivity contribution in [2.45, 2.75) is 110 Å². The van der Waals surface area contributed by atoms with E-state index in [-0.39, 0.29) is 10.6 Å². The first kappa shape index (κ1) is 25.3. The van der Waals surface area contributed by atoms with E-state index < -0.39 is 8.32 Å². The first-order chi connectivity index (χ1) is 16.4. The van der Waals surface area contributed by atoms with Crippen molar-refractivity contribution in [1.82, 2.24) is 0 Å². The van der Waals surface area contributed by atoms with E-state index in [1.54, 1.807) is 5.57 Å². The summed E-state index contributed by atoms with van der Waals surface area (Å²) in [4.78, 5) is 0. The minimum atomic E-state index is -1.75. The van der Waals surface area contributed by atoms with Crippen LogP contribution in [0, 0.1) is 46.3 Å². The second-order valence-electron chi connectivity index (χ2n) is 14.5. The molecular weight excluding hydrogens is 442 g/mol. The van der Waals surface area contributed by atoms with Gasteiger partial charge in [0.2, 0.25) is 0 Å². The molecule has 0 bridgehead atoms. The lowest BCUT2D eigenvalue weighted by atomic mass is 9.49. The first-order valence-corrected chi connectivity index (χ1v) is 17.2. The largest absolute Gasteiger partial charge is 0.412 e. The molecule has 1 aromatic carbocycles. The fourth-order valence-electron chi connectivity index (χ4n) is 8.67. The van der Waals surface area contributed by atoms with Crippen molar-refractivity contribution in [2.24, 2.45) is 35.0 Å². The Morgan fingerprint density at radius 2 is 1.63 bits per heavy atom. The Labute approximate surface area is 215 Å². The molecule has 5 rings (SSSR count). The summed E-state index contributed by atoms with van der Waals surface area (Å²) in [5, 5.41) is 9.49. The Hall–Kier alpha value is -1.37. The SMILES string of the molecule is CC(C)(C)[Si](C)(C)O[C@]1(C)CC[C@H]2[C@H](CC[C@@H]3[C@@H]2CC[C@]2(C)C(c4ccc(C#N)cc4)=CC[C@@H]32)C1. The Bertz CT molecular complexity index is 1030. The number of hydrogen-bond donors (Lipinski definition) is 0. The lowest BCUT2D eigenvalue weighted by molar-refractivity contribution is -0.0836. The number of allylic oxidation sites excluding steroid dienone is 2. The zero-order valence-electron chi connectivity index (χ0n) is 23.3. The molecule has 4 aliphatic carbocycles. The number of hydrogen-bond acceptors (Lipinski definition) is 2. The van der Waals surface area contributed by atoms with E-state index in [1.807, 2.05) is 12.1 Å². The van der Waals surface area contributed by atoms with Gasteiger partial charge in [-0.25, -0.2) is 0 Å². The van der Waals surface area contributed by atoms with Gasteiger partial charge in [0, 0.05) is 0 Å². The van der Waals surface area contributed by atoms with Gasteiger partial charge < -0.3 is 4.43 Å². The molecule has 0 spiro atoms. The van der Waals surface area contributed by atoms with Crippen LogP contribution in [-0.2, 0) is 4.43 Å². The summed E-state index contributed by atoms with van der Waals surface area (Å²) in [7, 11) is -1.75.